The van der Waals surface area contributed by atoms with Gasteiger partial charge in [-0.05, 0) is 12.1 Å². The molecule has 0 aliphatic rings. The molecular weight excluding hydrogens is 394 g/mol. The highest BCUT2D eigenvalue weighted by molar-refractivity contribution is 7.61. The van der Waals surface area contributed by atoms with Crippen LogP contribution in [0.2, 0.25) is 0 Å². The molecule has 0 spiro atoms. The molecule has 1 aromatic rings. The van der Waals surface area contributed by atoms with Gasteiger partial charge in [0.15, 0.2) is 0 Å². The van der Waals surface area contributed by atoms with E-state index in [1.807, 2.05) is 0 Å². The lowest BCUT2D eigenvalue weighted by Crippen LogP contribution is -2.61. The Morgan fingerprint density at radius 1 is 0.880 bits per heavy atom. The van der Waals surface area contributed by atoms with Crippen LogP contribution in [0.4, 0.5) is 39.5 Å². The predicted octanol–water partition coefficient (Wildman–Crippen LogP) is 4.37. The first-order chi connectivity index (χ1) is 11.1. The normalized spacial score (nSPS) is 16.6. The quantitative estimate of drug-likeness (QED) is 0.543. The van der Waals surface area contributed by atoms with Gasteiger partial charge in [0.2, 0.25) is 0 Å². The first kappa shape index (κ1) is 21.8. The molecule has 0 aliphatic heterocycles. The van der Waals surface area contributed by atoms with Gasteiger partial charge in [-0.1, -0.05) is 18.2 Å². The summed E-state index contributed by atoms with van der Waals surface area (Å²) in [6, 6.07) is 6.00. The molecule has 1 rings (SSSR count). The summed E-state index contributed by atoms with van der Waals surface area (Å²) in [7, 11) is -4.74. The Kier molecular flexibility index (Phi) is 5.93. The third kappa shape index (κ3) is 4.29. The molecule has 25 heavy (non-hydrogen) atoms. The molecule has 1 aromatic carbocycles. The highest BCUT2D eigenvalue weighted by atomic mass is 31.2. The molecule has 0 aliphatic carbocycles. The Bertz CT molecular complexity index is 630. The van der Waals surface area contributed by atoms with Crippen LogP contribution >= 0.6 is 7.60 Å². The third-order valence-corrected chi connectivity index (χ3v) is 4.46. The third-order valence-electron chi connectivity index (χ3n) is 2.97. The van der Waals surface area contributed by atoms with E-state index in [1.54, 1.807) is 0 Å². The number of benzene rings is 1. The van der Waals surface area contributed by atoms with E-state index in [2.05, 4.69) is 4.52 Å². The highest BCUT2D eigenvalue weighted by Crippen LogP contribution is 2.54. The molecule has 3 nitrogen and oxygen atoms in total. The molecule has 13 heteroatoms. The summed E-state index contributed by atoms with van der Waals surface area (Å²) >= 11 is 0. The lowest BCUT2D eigenvalue weighted by molar-refractivity contribution is -0.397. The molecule has 1 unspecified atom stereocenters. The zero-order chi connectivity index (χ0) is 19.7. The number of rotatable bonds is 7. The van der Waals surface area contributed by atoms with Crippen molar-refractivity contribution in [1.82, 2.24) is 0 Å². The Morgan fingerprint density at radius 2 is 1.36 bits per heavy atom. The molecule has 0 fully saturated rings. The van der Waals surface area contributed by atoms with Crippen molar-refractivity contribution in [1.29, 1.82) is 0 Å². The van der Waals surface area contributed by atoms with Gasteiger partial charge in [0, 0.05) is 6.42 Å². The summed E-state index contributed by atoms with van der Waals surface area (Å²) in [6.07, 6.45) is -9.26. The van der Waals surface area contributed by atoms with E-state index >= 15 is 0 Å². The number of hydrogen-bond acceptors (Lipinski definition) is 2. The van der Waals surface area contributed by atoms with E-state index in [0.717, 1.165) is 12.1 Å². The topological polar surface area (TPSA) is 46.5 Å². The maximum atomic E-state index is 13.2. The molecule has 0 saturated carbocycles. The van der Waals surface area contributed by atoms with Gasteiger partial charge in [-0.2, -0.15) is 39.5 Å². The highest BCUT2D eigenvalue weighted by Gasteiger charge is 2.81. The van der Waals surface area contributed by atoms with E-state index in [0.29, 0.717) is 0 Å². The van der Waals surface area contributed by atoms with Crippen LogP contribution < -0.4 is 5.30 Å². The molecule has 144 valence electrons. The Morgan fingerprint density at radius 3 is 1.80 bits per heavy atom. The summed E-state index contributed by atoms with van der Waals surface area (Å²) in [6.45, 7) is -1.67. The summed E-state index contributed by atoms with van der Waals surface area (Å²) in [5, 5.41) is -0.411. The maximum Gasteiger partial charge on any atom is 0.460 e. The summed E-state index contributed by atoms with van der Waals surface area (Å²) in [5.41, 5.74) is 0. The van der Waals surface area contributed by atoms with E-state index in [-0.39, 0.29) is 0 Å². The SMILES string of the molecule is O=P(O)(OCCC(F)(F)C(F)(F)C(F)(F)C(F)(F)F)c1ccccc1. The fraction of sp³-hybridized carbons (Fsp3) is 0.500. The fourth-order valence-corrected chi connectivity index (χ4v) is 2.59. The van der Waals surface area contributed by atoms with Gasteiger partial charge in [0.25, 0.3) is 0 Å². The van der Waals surface area contributed by atoms with Gasteiger partial charge in [-0.15, -0.1) is 0 Å². The molecule has 0 radical (unpaired) electrons. The predicted molar refractivity (Wildman–Crippen MR) is 67.4 cm³/mol. The van der Waals surface area contributed by atoms with E-state index in [9.17, 15) is 49.0 Å². The Balaban J connectivity index is 2.87. The number of halogens is 9. The van der Waals surface area contributed by atoms with Crippen LogP contribution in [-0.4, -0.2) is 35.4 Å². The molecule has 0 aromatic heterocycles. The van der Waals surface area contributed by atoms with Crippen molar-refractivity contribution in [3.8, 4) is 0 Å². The van der Waals surface area contributed by atoms with Crippen molar-refractivity contribution >= 4 is 12.9 Å². The molecule has 0 bridgehead atoms. The summed E-state index contributed by atoms with van der Waals surface area (Å²) < 4.78 is 129. The molecule has 0 saturated heterocycles. The van der Waals surface area contributed by atoms with Crippen molar-refractivity contribution in [3.63, 3.8) is 0 Å². The minimum Gasteiger partial charge on any atom is -0.321 e. The number of hydrogen-bond donors (Lipinski definition) is 1. The minimum absolute atomic E-state index is 0.411. The van der Waals surface area contributed by atoms with Crippen LogP contribution in [0.3, 0.4) is 0 Å². The summed E-state index contributed by atoms with van der Waals surface area (Å²) in [4.78, 5) is 9.45. The van der Waals surface area contributed by atoms with Gasteiger partial charge in [0.1, 0.15) is 0 Å². The Hall–Kier alpha value is -1.26. The van der Waals surface area contributed by atoms with Gasteiger partial charge >= 0.3 is 31.5 Å². The number of alkyl halides is 9. The minimum atomic E-state index is -7.01. The van der Waals surface area contributed by atoms with Crippen LogP contribution in [0.15, 0.2) is 30.3 Å². The molecular formula is C12H10F9O3P. The maximum absolute atomic E-state index is 13.2. The Labute approximate surface area is 134 Å². The van der Waals surface area contributed by atoms with E-state index in [4.69, 9.17) is 0 Å². The molecule has 1 atom stereocenters. The van der Waals surface area contributed by atoms with E-state index in [1.165, 1.54) is 18.2 Å². The average molecular weight is 404 g/mol. The second-order valence-corrected chi connectivity index (χ2v) is 6.61. The monoisotopic (exact) mass is 404 g/mol. The van der Waals surface area contributed by atoms with Crippen LogP contribution in [0.1, 0.15) is 6.42 Å². The first-order valence-electron chi connectivity index (χ1n) is 6.29. The van der Waals surface area contributed by atoms with Crippen molar-refractivity contribution < 1.29 is 53.5 Å². The van der Waals surface area contributed by atoms with Crippen LogP contribution in [0.25, 0.3) is 0 Å². The molecule has 0 heterocycles. The van der Waals surface area contributed by atoms with Gasteiger partial charge in [-0.25, -0.2) is 0 Å². The summed E-state index contributed by atoms with van der Waals surface area (Å²) in [5.74, 6) is -19.7. The second kappa shape index (κ2) is 6.81. The van der Waals surface area contributed by atoms with Crippen LogP contribution in [0, 0.1) is 0 Å². The van der Waals surface area contributed by atoms with Crippen molar-refractivity contribution in [2.24, 2.45) is 0 Å². The van der Waals surface area contributed by atoms with Gasteiger partial charge < -0.3 is 9.42 Å². The molecule has 1 N–H and O–H groups in total. The lowest BCUT2D eigenvalue weighted by atomic mass is 10.0. The zero-order valence-corrected chi connectivity index (χ0v) is 12.8. The van der Waals surface area contributed by atoms with Gasteiger partial charge in [0.05, 0.1) is 11.9 Å². The van der Waals surface area contributed by atoms with Crippen molar-refractivity contribution in [2.45, 2.75) is 30.4 Å². The van der Waals surface area contributed by atoms with Gasteiger partial charge in [-0.3, -0.25) is 4.57 Å². The standard InChI is InChI=1S/C12H10F9O3P/c13-9(14,10(15,16)11(17,18)12(19,20)21)6-7-24-25(22,23)8-4-2-1-3-5-8/h1-5H,6-7H2,(H,22,23). The molecule has 0 amide bonds. The lowest BCUT2D eigenvalue weighted by Gasteiger charge is -2.33. The van der Waals surface area contributed by atoms with Crippen LogP contribution in [0.5, 0.6) is 0 Å². The van der Waals surface area contributed by atoms with Crippen molar-refractivity contribution in [3.05, 3.63) is 30.3 Å². The zero-order valence-electron chi connectivity index (χ0n) is 11.9. The average Bonchev–Trinajstić information content (AvgIpc) is 2.46. The van der Waals surface area contributed by atoms with E-state index < -0.39 is 49.9 Å². The largest absolute Gasteiger partial charge is 0.460 e. The smallest absolute Gasteiger partial charge is 0.321 e. The first-order valence-corrected chi connectivity index (χ1v) is 7.87. The van der Waals surface area contributed by atoms with Crippen LogP contribution in [-0.2, 0) is 9.09 Å². The van der Waals surface area contributed by atoms with Crippen molar-refractivity contribution in [2.75, 3.05) is 6.61 Å². The second-order valence-electron chi connectivity index (χ2n) is 4.79. The fourth-order valence-electron chi connectivity index (χ4n) is 1.55.